The van der Waals surface area contributed by atoms with Crippen LogP contribution in [0.1, 0.15) is 25.6 Å². The molecule has 1 heterocycles. The van der Waals surface area contributed by atoms with Gasteiger partial charge >= 0.3 is 5.97 Å². The lowest BCUT2D eigenvalue weighted by Gasteiger charge is -2.11. The predicted molar refractivity (Wildman–Crippen MR) is 59.0 cm³/mol. The molecular formula is C10H18N4O2. The van der Waals surface area contributed by atoms with E-state index in [1.54, 1.807) is 6.33 Å². The van der Waals surface area contributed by atoms with Crippen LogP contribution >= 0.6 is 0 Å². The topological polar surface area (TPSA) is 80.0 Å². The molecule has 0 saturated carbocycles. The highest BCUT2D eigenvalue weighted by Crippen LogP contribution is 1.97. The van der Waals surface area contributed by atoms with E-state index in [1.165, 1.54) is 0 Å². The second-order valence-electron chi connectivity index (χ2n) is 3.90. The van der Waals surface area contributed by atoms with Crippen molar-refractivity contribution in [3.05, 3.63) is 12.2 Å². The van der Waals surface area contributed by atoms with Gasteiger partial charge in [0.25, 0.3) is 0 Å². The molecule has 90 valence electrons. The van der Waals surface area contributed by atoms with Crippen LogP contribution in [0.3, 0.4) is 0 Å². The van der Waals surface area contributed by atoms with Gasteiger partial charge in [0.1, 0.15) is 12.2 Å². The maximum atomic E-state index is 10.4. The molecule has 0 radical (unpaired) electrons. The number of carbonyl (C=O) groups is 1. The lowest BCUT2D eigenvalue weighted by molar-refractivity contribution is -0.137. The van der Waals surface area contributed by atoms with Gasteiger partial charge in [-0.2, -0.15) is 0 Å². The van der Waals surface area contributed by atoms with Crippen molar-refractivity contribution >= 4 is 5.97 Å². The molecule has 0 amide bonds. The average molecular weight is 226 g/mol. The number of hydrogen-bond acceptors (Lipinski definition) is 4. The van der Waals surface area contributed by atoms with Gasteiger partial charge in [-0.1, -0.05) is 0 Å². The van der Waals surface area contributed by atoms with Crippen LogP contribution in [0.4, 0.5) is 0 Å². The molecule has 0 aliphatic rings. The highest BCUT2D eigenvalue weighted by molar-refractivity contribution is 5.66. The number of nitrogens with one attached hydrogen (secondary N) is 1. The molecule has 2 N–H and O–H groups in total. The molecule has 0 spiro atoms. The molecule has 0 aromatic carbocycles. The number of rotatable bonds is 7. The molecule has 1 unspecified atom stereocenters. The summed E-state index contributed by atoms with van der Waals surface area (Å²) in [6, 6.07) is 0.212. The Bertz CT molecular complexity index is 337. The van der Waals surface area contributed by atoms with Gasteiger partial charge in [-0.15, -0.1) is 10.2 Å². The number of aryl methyl sites for hydroxylation is 1. The number of aromatic nitrogens is 3. The van der Waals surface area contributed by atoms with Crippen molar-refractivity contribution in [2.75, 3.05) is 6.54 Å². The Labute approximate surface area is 94.7 Å². The van der Waals surface area contributed by atoms with Crippen molar-refractivity contribution in [3.8, 4) is 0 Å². The predicted octanol–water partition coefficient (Wildman–Crippen LogP) is 0.201. The summed E-state index contributed by atoms with van der Waals surface area (Å²) in [5.74, 6) is 0.180. The van der Waals surface area contributed by atoms with E-state index in [0.717, 1.165) is 18.8 Å². The van der Waals surface area contributed by atoms with Crippen molar-refractivity contribution in [2.45, 2.75) is 32.2 Å². The van der Waals surface area contributed by atoms with E-state index in [4.69, 9.17) is 5.11 Å². The van der Waals surface area contributed by atoms with Gasteiger partial charge in [-0.3, -0.25) is 4.79 Å². The third kappa shape index (κ3) is 4.39. The van der Waals surface area contributed by atoms with E-state index < -0.39 is 5.97 Å². The van der Waals surface area contributed by atoms with Gasteiger partial charge in [0.15, 0.2) is 0 Å². The lowest BCUT2D eigenvalue weighted by Crippen LogP contribution is -2.29. The first-order chi connectivity index (χ1) is 7.59. The van der Waals surface area contributed by atoms with Crippen LogP contribution in [0.2, 0.25) is 0 Å². The molecule has 1 aromatic rings. The summed E-state index contributed by atoms with van der Waals surface area (Å²) in [7, 11) is 1.91. The first kappa shape index (κ1) is 12.6. The summed E-state index contributed by atoms with van der Waals surface area (Å²) in [6.07, 6.45) is 3.32. The number of hydrogen-bond donors (Lipinski definition) is 2. The van der Waals surface area contributed by atoms with E-state index in [-0.39, 0.29) is 12.5 Å². The van der Waals surface area contributed by atoms with Gasteiger partial charge in [0, 0.05) is 32.5 Å². The number of carboxylic acid groups (broad SMARTS) is 1. The van der Waals surface area contributed by atoms with Crippen LogP contribution in [0, 0.1) is 0 Å². The van der Waals surface area contributed by atoms with Gasteiger partial charge in [0.05, 0.1) is 0 Å². The van der Waals surface area contributed by atoms with E-state index >= 15 is 0 Å². The Morgan fingerprint density at radius 3 is 3.00 bits per heavy atom. The molecule has 0 aliphatic heterocycles. The van der Waals surface area contributed by atoms with Crippen molar-refractivity contribution in [3.63, 3.8) is 0 Å². The zero-order valence-electron chi connectivity index (χ0n) is 9.68. The summed E-state index contributed by atoms with van der Waals surface area (Å²) in [4.78, 5) is 10.4. The standard InChI is InChI=1S/C10H18N4O2/c1-8(3-4-10(15)16)11-6-5-9-13-12-7-14(9)2/h7-8,11H,3-6H2,1-2H3,(H,15,16). The van der Waals surface area contributed by atoms with Crippen LogP contribution in [-0.4, -0.2) is 38.4 Å². The summed E-state index contributed by atoms with van der Waals surface area (Å²) in [6.45, 7) is 2.77. The van der Waals surface area contributed by atoms with Crippen LogP contribution in [0.25, 0.3) is 0 Å². The SMILES string of the molecule is CC(CCC(=O)O)NCCc1nncn1C. The van der Waals surface area contributed by atoms with Crippen LogP contribution in [0.15, 0.2) is 6.33 Å². The summed E-state index contributed by atoms with van der Waals surface area (Å²) < 4.78 is 1.88. The molecule has 0 aliphatic carbocycles. The largest absolute Gasteiger partial charge is 0.481 e. The fourth-order valence-corrected chi connectivity index (χ4v) is 1.41. The van der Waals surface area contributed by atoms with Gasteiger partial charge in [-0.25, -0.2) is 0 Å². The molecule has 1 aromatic heterocycles. The Kier molecular flexibility index (Phi) is 4.91. The molecule has 0 fully saturated rings. The highest BCUT2D eigenvalue weighted by atomic mass is 16.4. The maximum absolute atomic E-state index is 10.4. The van der Waals surface area contributed by atoms with Crippen LogP contribution < -0.4 is 5.32 Å². The Morgan fingerprint density at radius 1 is 1.69 bits per heavy atom. The second-order valence-corrected chi connectivity index (χ2v) is 3.90. The fraction of sp³-hybridized carbons (Fsp3) is 0.700. The average Bonchev–Trinajstić information content (AvgIpc) is 2.61. The third-order valence-corrected chi connectivity index (χ3v) is 2.44. The molecule has 0 saturated heterocycles. The highest BCUT2D eigenvalue weighted by Gasteiger charge is 2.05. The molecule has 6 heteroatoms. The quantitative estimate of drug-likeness (QED) is 0.694. The minimum Gasteiger partial charge on any atom is -0.481 e. The first-order valence-corrected chi connectivity index (χ1v) is 5.37. The molecule has 1 rings (SSSR count). The molecule has 6 nitrogen and oxygen atoms in total. The zero-order chi connectivity index (χ0) is 12.0. The Morgan fingerprint density at radius 2 is 2.44 bits per heavy atom. The Hall–Kier alpha value is -1.43. The second kappa shape index (κ2) is 6.22. The van der Waals surface area contributed by atoms with E-state index in [1.807, 2.05) is 18.5 Å². The van der Waals surface area contributed by atoms with E-state index in [9.17, 15) is 4.79 Å². The van der Waals surface area contributed by atoms with Crippen LogP contribution in [-0.2, 0) is 18.3 Å². The first-order valence-electron chi connectivity index (χ1n) is 5.37. The maximum Gasteiger partial charge on any atom is 0.303 e. The molecule has 0 bridgehead atoms. The van der Waals surface area contributed by atoms with Gasteiger partial charge < -0.3 is 15.0 Å². The fourth-order valence-electron chi connectivity index (χ4n) is 1.41. The van der Waals surface area contributed by atoms with E-state index in [0.29, 0.717) is 6.42 Å². The number of aliphatic carboxylic acids is 1. The minimum atomic E-state index is -0.748. The smallest absolute Gasteiger partial charge is 0.303 e. The van der Waals surface area contributed by atoms with Crippen molar-refractivity contribution in [2.24, 2.45) is 7.05 Å². The van der Waals surface area contributed by atoms with E-state index in [2.05, 4.69) is 15.5 Å². The van der Waals surface area contributed by atoms with Crippen molar-refractivity contribution < 1.29 is 9.90 Å². The number of carboxylic acids is 1. The monoisotopic (exact) mass is 226 g/mol. The van der Waals surface area contributed by atoms with Crippen molar-refractivity contribution in [1.29, 1.82) is 0 Å². The lowest BCUT2D eigenvalue weighted by atomic mass is 10.2. The molecule has 16 heavy (non-hydrogen) atoms. The Balaban J connectivity index is 2.15. The van der Waals surface area contributed by atoms with Crippen molar-refractivity contribution in [1.82, 2.24) is 20.1 Å². The number of nitrogens with zero attached hydrogens (tertiary/aromatic N) is 3. The van der Waals surface area contributed by atoms with Gasteiger partial charge in [-0.05, 0) is 13.3 Å². The third-order valence-electron chi connectivity index (χ3n) is 2.44. The van der Waals surface area contributed by atoms with Crippen LogP contribution in [0.5, 0.6) is 0 Å². The minimum absolute atomic E-state index is 0.206. The summed E-state index contributed by atoms with van der Waals surface area (Å²) >= 11 is 0. The zero-order valence-corrected chi connectivity index (χ0v) is 9.68. The summed E-state index contributed by atoms with van der Waals surface area (Å²) in [5.41, 5.74) is 0. The normalized spacial score (nSPS) is 12.6. The molecular weight excluding hydrogens is 208 g/mol. The van der Waals surface area contributed by atoms with Gasteiger partial charge in [0.2, 0.25) is 0 Å². The molecule has 1 atom stereocenters. The summed E-state index contributed by atoms with van der Waals surface area (Å²) in [5, 5.41) is 19.5.